The molecule has 1 atom stereocenters. The Hall–Kier alpha value is -2.88. The quantitative estimate of drug-likeness (QED) is 0.914. The molecule has 1 saturated heterocycles. The molecule has 7 nitrogen and oxygen atoms in total. The molecule has 0 aromatic carbocycles. The van der Waals surface area contributed by atoms with Crippen LogP contribution in [0.25, 0.3) is 0 Å². The zero-order valence-electron chi connectivity index (χ0n) is 12.9. The lowest BCUT2D eigenvalue weighted by Crippen LogP contribution is -2.45. The minimum Gasteiger partial charge on any atom is -0.366 e. The lowest BCUT2D eigenvalue weighted by atomic mass is 10.1. The normalized spacial score (nSPS) is 17.6. The summed E-state index contributed by atoms with van der Waals surface area (Å²) >= 11 is 0. The maximum Gasteiger partial charge on any atom is 0.293 e. The van der Waals surface area contributed by atoms with Gasteiger partial charge >= 0.3 is 0 Å². The minimum absolute atomic E-state index is 0.0790. The standard InChI is InChI=1S/C16H18N6O/c1-21-8-6-18-15(16(21)23)22-7-2-3-13(11-22)20-14-5-4-12(9-17)10-19-14/h4-6,8,10,13H,2-3,7,11H2,1H3,(H,19,20)/t13-/m1/s1. The average molecular weight is 310 g/mol. The second kappa shape index (κ2) is 6.48. The number of anilines is 2. The zero-order valence-corrected chi connectivity index (χ0v) is 12.9. The second-order valence-corrected chi connectivity index (χ2v) is 5.64. The summed E-state index contributed by atoms with van der Waals surface area (Å²) in [4.78, 5) is 22.7. The molecule has 0 spiro atoms. The number of nitriles is 1. The van der Waals surface area contributed by atoms with Gasteiger partial charge in [-0.3, -0.25) is 4.79 Å². The molecule has 0 unspecified atom stereocenters. The van der Waals surface area contributed by atoms with Crippen LogP contribution in [0.3, 0.4) is 0 Å². The summed E-state index contributed by atoms with van der Waals surface area (Å²) in [6, 6.07) is 5.79. The molecule has 118 valence electrons. The zero-order chi connectivity index (χ0) is 16.2. The molecule has 0 aliphatic carbocycles. The summed E-state index contributed by atoms with van der Waals surface area (Å²) in [6.07, 6.45) is 6.85. The van der Waals surface area contributed by atoms with Crippen LogP contribution < -0.4 is 15.8 Å². The van der Waals surface area contributed by atoms with Crippen molar-refractivity contribution >= 4 is 11.6 Å². The van der Waals surface area contributed by atoms with Crippen LogP contribution in [-0.2, 0) is 7.05 Å². The summed E-state index contributed by atoms with van der Waals surface area (Å²) in [6.45, 7) is 1.53. The van der Waals surface area contributed by atoms with Crippen molar-refractivity contribution in [2.75, 3.05) is 23.3 Å². The van der Waals surface area contributed by atoms with Gasteiger partial charge in [-0.25, -0.2) is 9.97 Å². The molecular weight excluding hydrogens is 292 g/mol. The van der Waals surface area contributed by atoms with Crippen molar-refractivity contribution in [2.45, 2.75) is 18.9 Å². The van der Waals surface area contributed by atoms with Gasteiger partial charge in [0.2, 0.25) is 0 Å². The van der Waals surface area contributed by atoms with Gasteiger partial charge in [-0.05, 0) is 25.0 Å². The van der Waals surface area contributed by atoms with Crippen molar-refractivity contribution in [2.24, 2.45) is 7.05 Å². The fourth-order valence-electron chi connectivity index (χ4n) is 2.74. The summed E-state index contributed by atoms with van der Waals surface area (Å²) in [5.41, 5.74) is 0.461. The molecule has 0 radical (unpaired) electrons. The molecule has 1 fully saturated rings. The predicted molar refractivity (Wildman–Crippen MR) is 87.3 cm³/mol. The van der Waals surface area contributed by atoms with Crippen molar-refractivity contribution in [3.8, 4) is 6.07 Å². The van der Waals surface area contributed by atoms with Gasteiger partial charge in [-0.2, -0.15) is 5.26 Å². The third-order valence-corrected chi connectivity index (χ3v) is 3.96. The summed E-state index contributed by atoms with van der Waals surface area (Å²) in [5.74, 6) is 1.24. The highest BCUT2D eigenvalue weighted by molar-refractivity contribution is 5.42. The largest absolute Gasteiger partial charge is 0.366 e. The van der Waals surface area contributed by atoms with Gasteiger partial charge in [0.25, 0.3) is 5.56 Å². The van der Waals surface area contributed by atoms with Crippen molar-refractivity contribution in [3.05, 3.63) is 46.6 Å². The first-order valence-corrected chi connectivity index (χ1v) is 7.56. The van der Waals surface area contributed by atoms with Crippen LogP contribution >= 0.6 is 0 Å². The molecule has 0 amide bonds. The van der Waals surface area contributed by atoms with Gasteiger partial charge < -0.3 is 14.8 Å². The third-order valence-electron chi connectivity index (χ3n) is 3.96. The fraction of sp³-hybridized carbons (Fsp3) is 0.375. The monoisotopic (exact) mass is 310 g/mol. The maximum atomic E-state index is 12.2. The molecule has 2 aromatic heterocycles. The first-order valence-electron chi connectivity index (χ1n) is 7.56. The molecule has 3 heterocycles. The number of rotatable bonds is 3. The third kappa shape index (κ3) is 3.31. The molecule has 7 heteroatoms. The van der Waals surface area contributed by atoms with E-state index in [-0.39, 0.29) is 11.6 Å². The van der Waals surface area contributed by atoms with E-state index in [9.17, 15) is 4.79 Å². The SMILES string of the molecule is Cn1ccnc(N2CCC[C@@H](Nc3ccc(C#N)cn3)C2)c1=O. The van der Waals surface area contributed by atoms with Crippen molar-refractivity contribution in [1.82, 2.24) is 14.5 Å². The number of nitrogens with zero attached hydrogens (tertiary/aromatic N) is 5. The fourth-order valence-corrected chi connectivity index (χ4v) is 2.74. The number of aryl methyl sites for hydroxylation is 1. The number of piperidine rings is 1. The lowest BCUT2D eigenvalue weighted by molar-refractivity contribution is 0.522. The molecule has 1 N–H and O–H groups in total. The molecule has 3 rings (SSSR count). The Morgan fingerprint density at radius 3 is 3.00 bits per heavy atom. The molecule has 1 aliphatic rings. The van der Waals surface area contributed by atoms with Crippen LogP contribution in [0.2, 0.25) is 0 Å². The van der Waals surface area contributed by atoms with E-state index >= 15 is 0 Å². The van der Waals surface area contributed by atoms with Crippen LogP contribution in [0.1, 0.15) is 18.4 Å². The van der Waals surface area contributed by atoms with Crippen LogP contribution in [0, 0.1) is 11.3 Å². The lowest BCUT2D eigenvalue weighted by Gasteiger charge is -2.33. The van der Waals surface area contributed by atoms with E-state index in [1.54, 1.807) is 42.3 Å². The summed E-state index contributed by atoms with van der Waals surface area (Å²) in [7, 11) is 1.73. The van der Waals surface area contributed by atoms with Crippen molar-refractivity contribution < 1.29 is 0 Å². The molecule has 23 heavy (non-hydrogen) atoms. The molecule has 0 saturated carbocycles. The van der Waals surface area contributed by atoms with E-state index in [4.69, 9.17) is 5.26 Å². The molecule has 0 bridgehead atoms. The highest BCUT2D eigenvalue weighted by Crippen LogP contribution is 2.17. The molecule has 1 aliphatic heterocycles. The van der Waals surface area contributed by atoms with E-state index in [2.05, 4.69) is 21.4 Å². The Labute approximate surface area is 134 Å². The summed E-state index contributed by atoms with van der Waals surface area (Å²) in [5, 5.41) is 12.2. The number of hydrogen-bond donors (Lipinski definition) is 1. The molecular formula is C16H18N6O. The molecule has 2 aromatic rings. The maximum absolute atomic E-state index is 12.2. The van der Waals surface area contributed by atoms with Crippen LogP contribution in [-0.4, -0.2) is 33.7 Å². The van der Waals surface area contributed by atoms with E-state index in [0.29, 0.717) is 17.9 Å². The van der Waals surface area contributed by atoms with Gasteiger partial charge in [0.05, 0.1) is 5.56 Å². The van der Waals surface area contributed by atoms with Gasteiger partial charge in [-0.15, -0.1) is 0 Å². The predicted octanol–water partition coefficient (Wildman–Crippen LogP) is 1.13. The summed E-state index contributed by atoms with van der Waals surface area (Å²) < 4.78 is 1.54. The van der Waals surface area contributed by atoms with Crippen LogP contribution in [0.15, 0.2) is 35.5 Å². The van der Waals surface area contributed by atoms with E-state index in [1.165, 1.54) is 0 Å². The second-order valence-electron chi connectivity index (χ2n) is 5.64. The van der Waals surface area contributed by atoms with Crippen molar-refractivity contribution in [1.29, 1.82) is 5.26 Å². The number of hydrogen-bond acceptors (Lipinski definition) is 6. The Kier molecular flexibility index (Phi) is 4.24. The topological polar surface area (TPSA) is 86.8 Å². The first kappa shape index (κ1) is 15.0. The Bertz CT molecular complexity index is 776. The van der Waals surface area contributed by atoms with Gasteiger partial charge in [0, 0.05) is 44.8 Å². The van der Waals surface area contributed by atoms with Gasteiger partial charge in [0.15, 0.2) is 5.82 Å². The number of nitrogens with one attached hydrogen (secondary N) is 1. The number of pyridine rings is 1. The number of aromatic nitrogens is 3. The van der Waals surface area contributed by atoms with E-state index in [0.717, 1.165) is 25.2 Å². The van der Waals surface area contributed by atoms with Gasteiger partial charge in [0.1, 0.15) is 11.9 Å². The highest BCUT2D eigenvalue weighted by atomic mass is 16.1. The Morgan fingerprint density at radius 1 is 1.39 bits per heavy atom. The van der Waals surface area contributed by atoms with E-state index < -0.39 is 0 Å². The minimum atomic E-state index is -0.0790. The van der Waals surface area contributed by atoms with Gasteiger partial charge in [-0.1, -0.05) is 0 Å². The Balaban J connectivity index is 1.72. The Morgan fingerprint density at radius 2 is 2.26 bits per heavy atom. The van der Waals surface area contributed by atoms with Crippen LogP contribution in [0.4, 0.5) is 11.6 Å². The van der Waals surface area contributed by atoms with E-state index in [1.807, 2.05) is 4.90 Å². The van der Waals surface area contributed by atoms with Crippen molar-refractivity contribution in [3.63, 3.8) is 0 Å². The first-order chi connectivity index (χ1) is 11.2. The smallest absolute Gasteiger partial charge is 0.293 e. The highest BCUT2D eigenvalue weighted by Gasteiger charge is 2.23. The van der Waals surface area contributed by atoms with Crippen LogP contribution in [0.5, 0.6) is 0 Å². The average Bonchev–Trinajstić information content (AvgIpc) is 2.58.